The van der Waals surface area contributed by atoms with Gasteiger partial charge in [-0.2, -0.15) is 0 Å². The summed E-state index contributed by atoms with van der Waals surface area (Å²) in [5, 5.41) is 19.8. The maximum absolute atomic E-state index is 12.3. The number of phenolic OH excluding ortho intramolecular Hbond substituents is 1. The van der Waals surface area contributed by atoms with Crippen LogP contribution in [0.5, 0.6) is 11.5 Å². The van der Waals surface area contributed by atoms with E-state index < -0.39 is 5.97 Å². The Kier molecular flexibility index (Phi) is 8.89. The van der Waals surface area contributed by atoms with Gasteiger partial charge in [0, 0.05) is 17.9 Å². The number of aldehydes is 1. The molecule has 0 spiro atoms. The Morgan fingerprint density at radius 1 is 1.33 bits per heavy atom. The topological polar surface area (TPSA) is 101 Å². The standard InChI is InChI=1S/C26H33ClO6/c1-15(10-12-26(5)16(2)7-9-21(29)18(26)4)6-8-19-24(32)20(14-28)17(3)23(27)25(19)33-13-11-22(30)31/h6,10,12,14,16,18,32H,7-9,11,13H2,1-5H3,(H,30,31)/b12-10+,15-6+. The Hall–Kier alpha value is -2.60. The molecule has 2 rings (SSSR count). The molecule has 3 atom stereocenters. The molecule has 1 aromatic rings. The second kappa shape index (κ2) is 11.0. The largest absolute Gasteiger partial charge is 0.507 e. The fraction of sp³-hybridized carbons (Fsp3) is 0.500. The molecule has 7 heteroatoms. The minimum absolute atomic E-state index is 0.0605. The molecule has 0 heterocycles. The lowest BCUT2D eigenvalue weighted by atomic mass is 9.61. The summed E-state index contributed by atoms with van der Waals surface area (Å²) in [6.07, 6.45) is 7.98. The van der Waals surface area contributed by atoms with Crippen molar-refractivity contribution in [3.63, 3.8) is 0 Å². The van der Waals surface area contributed by atoms with Crippen LogP contribution in [0.15, 0.2) is 23.8 Å². The summed E-state index contributed by atoms with van der Waals surface area (Å²) in [4.78, 5) is 34.6. The predicted molar refractivity (Wildman–Crippen MR) is 128 cm³/mol. The van der Waals surface area contributed by atoms with Crippen molar-refractivity contribution in [3.05, 3.63) is 45.5 Å². The average molecular weight is 477 g/mol. The van der Waals surface area contributed by atoms with Gasteiger partial charge in [-0.3, -0.25) is 14.4 Å². The van der Waals surface area contributed by atoms with Crippen LogP contribution in [0.2, 0.25) is 5.02 Å². The van der Waals surface area contributed by atoms with Crippen LogP contribution in [0.1, 0.15) is 68.4 Å². The molecule has 1 saturated carbocycles. The summed E-state index contributed by atoms with van der Waals surface area (Å²) in [6.45, 7) is 9.65. The molecule has 180 valence electrons. The van der Waals surface area contributed by atoms with Crippen LogP contribution < -0.4 is 4.74 Å². The maximum atomic E-state index is 12.3. The third-order valence-corrected chi connectivity index (χ3v) is 7.52. The zero-order valence-corrected chi connectivity index (χ0v) is 20.7. The molecule has 1 fully saturated rings. The molecule has 0 aliphatic heterocycles. The van der Waals surface area contributed by atoms with Crippen LogP contribution in [0.3, 0.4) is 0 Å². The van der Waals surface area contributed by atoms with Crippen molar-refractivity contribution in [2.75, 3.05) is 6.61 Å². The van der Waals surface area contributed by atoms with Gasteiger partial charge in [-0.15, -0.1) is 0 Å². The number of carbonyl (C=O) groups excluding carboxylic acids is 2. The number of carboxylic acids is 1. The number of aromatic hydroxyl groups is 1. The van der Waals surface area contributed by atoms with Gasteiger partial charge in [0.25, 0.3) is 0 Å². The average Bonchev–Trinajstić information content (AvgIpc) is 2.77. The monoisotopic (exact) mass is 476 g/mol. The summed E-state index contributed by atoms with van der Waals surface area (Å²) in [7, 11) is 0. The summed E-state index contributed by atoms with van der Waals surface area (Å²) < 4.78 is 5.61. The molecule has 0 amide bonds. The van der Waals surface area contributed by atoms with E-state index in [1.807, 2.05) is 26.0 Å². The lowest BCUT2D eigenvalue weighted by Crippen LogP contribution is -2.40. The van der Waals surface area contributed by atoms with Gasteiger partial charge < -0.3 is 14.9 Å². The number of aliphatic carboxylic acids is 1. The molecule has 0 saturated heterocycles. The van der Waals surface area contributed by atoms with Crippen molar-refractivity contribution in [2.45, 2.75) is 60.3 Å². The first-order chi connectivity index (χ1) is 15.4. The van der Waals surface area contributed by atoms with E-state index >= 15 is 0 Å². The van der Waals surface area contributed by atoms with Gasteiger partial charge in [0.1, 0.15) is 17.3 Å². The number of ketones is 1. The number of allylic oxidation sites excluding steroid dienone is 4. The molecule has 0 radical (unpaired) electrons. The van der Waals surface area contributed by atoms with Crippen LogP contribution in [0, 0.1) is 24.2 Å². The van der Waals surface area contributed by atoms with Crippen molar-refractivity contribution in [1.82, 2.24) is 0 Å². The minimum atomic E-state index is -1.02. The lowest BCUT2D eigenvalue weighted by Gasteiger charge is -2.42. The van der Waals surface area contributed by atoms with Crippen molar-refractivity contribution in [2.24, 2.45) is 17.3 Å². The number of ether oxygens (including phenoxy) is 1. The zero-order chi connectivity index (χ0) is 24.9. The van der Waals surface area contributed by atoms with Gasteiger partial charge >= 0.3 is 5.97 Å². The molecule has 6 nitrogen and oxygen atoms in total. The normalized spacial score (nSPS) is 23.7. The second-order valence-corrected chi connectivity index (χ2v) is 9.48. The second-order valence-electron chi connectivity index (χ2n) is 9.10. The van der Waals surface area contributed by atoms with E-state index in [0.29, 0.717) is 29.8 Å². The molecule has 1 aromatic carbocycles. The van der Waals surface area contributed by atoms with Gasteiger partial charge in [0.15, 0.2) is 6.29 Å². The molecule has 3 unspecified atom stereocenters. The Bertz CT molecular complexity index is 993. The van der Waals surface area contributed by atoms with Gasteiger partial charge in [-0.1, -0.05) is 56.2 Å². The summed E-state index contributed by atoms with van der Waals surface area (Å²) in [5.74, 6) is -0.466. The number of carbonyl (C=O) groups is 3. The van der Waals surface area contributed by atoms with E-state index in [2.05, 4.69) is 19.9 Å². The Labute approximate surface area is 200 Å². The van der Waals surface area contributed by atoms with Crippen LogP contribution in [0.25, 0.3) is 0 Å². The molecular formula is C26H33ClO6. The van der Waals surface area contributed by atoms with Gasteiger partial charge in [-0.25, -0.2) is 0 Å². The van der Waals surface area contributed by atoms with E-state index in [4.69, 9.17) is 21.4 Å². The fourth-order valence-corrected chi connectivity index (χ4v) is 4.47. The van der Waals surface area contributed by atoms with Crippen molar-refractivity contribution >= 4 is 29.6 Å². The minimum Gasteiger partial charge on any atom is -0.507 e. The highest BCUT2D eigenvalue weighted by Crippen LogP contribution is 2.45. The third-order valence-electron chi connectivity index (χ3n) is 7.06. The van der Waals surface area contributed by atoms with Crippen LogP contribution in [-0.4, -0.2) is 34.9 Å². The summed E-state index contributed by atoms with van der Waals surface area (Å²) in [6, 6.07) is 0. The quantitative estimate of drug-likeness (QED) is 0.350. The van der Waals surface area contributed by atoms with E-state index in [1.165, 1.54) is 0 Å². The van der Waals surface area contributed by atoms with Crippen LogP contribution in [-0.2, 0) is 16.0 Å². The highest BCUT2D eigenvalue weighted by molar-refractivity contribution is 6.33. The van der Waals surface area contributed by atoms with Crippen molar-refractivity contribution in [1.29, 1.82) is 0 Å². The van der Waals surface area contributed by atoms with Crippen molar-refractivity contribution in [3.8, 4) is 11.5 Å². The molecule has 0 aromatic heterocycles. The number of hydrogen-bond donors (Lipinski definition) is 2. The SMILES string of the molecule is CC(/C=C/C1(C)C(C)CCC(=O)C1C)=C\Cc1c(O)c(C=O)c(C)c(Cl)c1OCCC(=O)O. The molecule has 2 N–H and O–H groups in total. The zero-order valence-electron chi connectivity index (χ0n) is 19.9. The number of Topliss-reactive ketones (excluding diaryl/α,β-unsaturated/α-hetero) is 1. The van der Waals surface area contributed by atoms with Crippen LogP contribution >= 0.6 is 11.6 Å². The van der Waals surface area contributed by atoms with Crippen molar-refractivity contribution < 1.29 is 29.3 Å². The smallest absolute Gasteiger partial charge is 0.306 e. The van der Waals surface area contributed by atoms with E-state index in [9.17, 15) is 19.5 Å². The van der Waals surface area contributed by atoms with E-state index in [0.717, 1.165) is 12.0 Å². The van der Waals surface area contributed by atoms with Gasteiger partial charge in [0.2, 0.25) is 0 Å². The van der Waals surface area contributed by atoms with Crippen LogP contribution in [0.4, 0.5) is 0 Å². The first-order valence-electron chi connectivity index (χ1n) is 11.2. The molecule has 33 heavy (non-hydrogen) atoms. The third kappa shape index (κ3) is 5.85. The van der Waals surface area contributed by atoms with Gasteiger partial charge in [0.05, 0.1) is 23.6 Å². The number of phenols is 1. The van der Waals surface area contributed by atoms with E-state index in [-0.39, 0.29) is 58.6 Å². The number of benzene rings is 1. The molecule has 1 aliphatic rings. The Balaban J connectivity index is 2.35. The number of hydrogen-bond acceptors (Lipinski definition) is 5. The fourth-order valence-electron chi connectivity index (χ4n) is 4.20. The first kappa shape index (κ1) is 26.7. The lowest BCUT2D eigenvalue weighted by molar-refractivity contribution is -0.137. The molecule has 0 bridgehead atoms. The molecule has 1 aliphatic carbocycles. The highest BCUT2D eigenvalue weighted by atomic mass is 35.5. The van der Waals surface area contributed by atoms with E-state index in [1.54, 1.807) is 6.92 Å². The number of halogens is 1. The Morgan fingerprint density at radius 3 is 2.61 bits per heavy atom. The Morgan fingerprint density at radius 2 is 2.00 bits per heavy atom. The van der Waals surface area contributed by atoms with Gasteiger partial charge in [-0.05, 0) is 43.6 Å². The highest BCUT2D eigenvalue weighted by Gasteiger charge is 2.41. The number of carboxylic acid groups (broad SMARTS) is 1. The summed E-state index contributed by atoms with van der Waals surface area (Å²) >= 11 is 6.40. The maximum Gasteiger partial charge on any atom is 0.306 e. The first-order valence-corrected chi connectivity index (χ1v) is 11.5. The molecular weight excluding hydrogens is 444 g/mol. The number of rotatable bonds is 9. The summed E-state index contributed by atoms with van der Waals surface area (Å²) in [5.41, 5.74) is 1.45. The predicted octanol–water partition coefficient (Wildman–Crippen LogP) is 5.71.